The number of Topliss-reactive ketones (excluding diaryl/α,β-unsaturated/α-hetero) is 1. The number of carbonyl (C=O) groups excluding carboxylic acids is 1. The molecule has 0 radical (unpaired) electrons. The predicted molar refractivity (Wildman–Crippen MR) is 161 cm³/mol. The zero-order chi connectivity index (χ0) is 33.8. The molecule has 7 aliphatic rings. The van der Waals surface area contributed by atoms with Crippen LogP contribution in [0.2, 0.25) is 0 Å². The minimum atomic E-state index is -1.58. The van der Waals surface area contributed by atoms with Crippen LogP contribution in [-0.2, 0) is 33.2 Å². The van der Waals surface area contributed by atoms with Gasteiger partial charge in [-0.1, -0.05) is 25.5 Å². The Bertz CT molecular complexity index is 1260. The minimum absolute atomic E-state index is 0.0183. The maximum absolute atomic E-state index is 14.3. The summed E-state index contributed by atoms with van der Waals surface area (Å²) in [6.07, 6.45) is -5.14. The van der Waals surface area contributed by atoms with E-state index in [0.29, 0.717) is 38.5 Å². The van der Waals surface area contributed by atoms with Crippen LogP contribution in [0.1, 0.15) is 72.6 Å². The van der Waals surface area contributed by atoms with E-state index in [1.165, 1.54) is 7.11 Å². The number of carbonyl (C=O) groups is 1. The summed E-state index contributed by atoms with van der Waals surface area (Å²) in [6.45, 7) is 7.17. The van der Waals surface area contributed by atoms with Crippen molar-refractivity contribution in [3.8, 4) is 0 Å². The van der Waals surface area contributed by atoms with Gasteiger partial charge in [0.05, 0.1) is 36.9 Å². The van der Waals surface area contributed by atoms with Crippen molar-refractivity contribution in [1.29, 1.82) is 0 Å². The van der Waals surface area contributed by atoms with Crippen molar-refractivity contribution in [3.63, 3.8) is 0 Å². The molecule has 3 heterocycles. The molecule has 3 saturated carbocycles. The fraction of sp³-hybridized carbons (Fsp3) is 0.912. The maximum atomic E-state index is 14.3. The van der Waals surface area contributed by atoms with Gasteiger partial charge in [-0.05, 0) is 58.3 Å². The Kier molecular flexibility index (Phi) is 8.59. The standard InChI is InChI=1S/C34H52O13/c1-15-19-8-11-34(41)32(19,4)29(44-15)26(39)28-31(3)9-7-18(12-17(31)6-10-33(28,34)40)45-22-13-20(42-5)27(16(2)43-22)47-30-25(38)24(37)23(36)21(14-35)46-30/h6,15-16,18-25,27-30,35-38,40-41H,7-14H2,1-5H3/t15?,16-,18+,19+,20-,21-,22+,23-,24+,25-,27+,28-,29+,30+,31+,32+,33+,34-/m1/s1. The SMILES string of the molecule is CO[C@@H]1C[C@H](O[C@H]2CC[C@@]3(C)C(=CC[C@]4(O)[C@@H]3C(=O)[C@@H]3OC(C)[C@@H]5CC[C@@]4(O)[C@]35C)C2)O[C@H](C)[C@@H]1O[C@@H]1O[C@H](CO)[C@@H](O)[C@H](O)[C@H]1O. The molecule has 0 amide bonds. The lowest BCUT2D eigenvalue weighted by Crippen LogP contribution is -2.77. The summed E-state index contributed by atoms with van der Waals surface area (Å²) in [4.78, 5) is 14.3. The van der Waals surface area contributed by atoms with Crippen LogP contribution >= 0.6 is 0 Å². The molecule has 3 saturated heterocycles. The van der Waals surface area contributed by atoms with E-state index in [9.17, 15) is 35.4 Å². The van der Waals surface area contributed by atoms with E-state index in [1.807, 2.05) is 26.8 Å². The molecule has 7 rings (SSSR count). The molecule has 6 N–H and O–H groups in total. The van der Waals surface area contributed by atoms with Gasteiger partial charge in [-0.15, -0.1) is 0 Å². The van der Waals surface area contributed by atoms with Gasteiger partial charge in [0.1, 0.15) is 47.8 Å². The van der Waals surface area contributed by atoms with Crippen molar-refractivity contribution in [2.24, 2.45) is 22.7 Å². The van der Waals surface area contributed by atoms with Crippen LogP contribution in [0.5, 0.6) is 0 Å². The van der Waals surface area contributed by atoms with Crippen LogP contribution in [0.4, 0.5) is 0 Å². The number of hydrogen-bond acceptors (Lipinski definition) is 13. The summed E-state index contributed by atoms with van der Waals surface area (Å²) in [6, 6.07) is 0. The fourth-order valence-electron chi connectivity index (χ4n) is 10.9. The molecule has 13 nitrogen and oxygen atoms in total. The van der Waals surface area contributed by atoms with Crippen molar-refractivity contribution in [2.75, 3.05) is 13.7 Å². The van der Waals surface area contributed by atoms with Gasteiger partial charge in [-0.2, -0.15) is 0 Å². The summed E-state index contributed by atoms with van der Waals surface area (Å²) in [7, 11) is 1.53. The van der Waals surface area contributed by atoms with Crippen molar-refractivity contribution in [1.82, 2.24) is 0 Å². The van der Waals surface area contributed by atoms with E-state index in [2.05, 4.69) is 0 Å². The van der Waals surface area contributed by atoms with Crippen molar-refractivity contribution in [2.45, 2.75) is 157 Å². The van der Waals surface area contributed by atoms with Gasteiger partial charge in [-0.3, -0.25) is 4.79 Å². The number of methoxy groups -OCH3 is 1. The van der Waals surface area contributed by atoms with E-state index in [1.54, 1.807) is 6.92 Å². The van der Waals surface area contributed by atoms with Crippen molar-refractivity contribution >= 4 is 5.78 Å². The zero-order valence-electron chi connectivity index (χ0n) is 27.9. The van der Waals surface area contributed by atoms with Gasteiger partial charge in [0, 0.05) is 24.4 Å². The number of aliphatic hydroxyl groups excluding tert-OH is 4. The van der Waals surface area contributed by atoms with Crippen molar-refractivity contribution < 1.29 is 63.9 Å². The average molecular weight is 669 g/mol. The van der Waals surface area contributed by atoms with E-state index in [-0.39, 0.29) is 30.3 Å². The number of hydrogen-bond donors (Lipinski definition) is 6. The molecule has 47 heavy (non-hydrogen) atoms. The number of aliphatic hydroxyl groups is 6. The van der Waals surface area contributed by atoms with Gasteiger partial charge in [0.15, 0.2) is 18.4 Å². The highest BCUT2D eigenvalue weighted by atomic mass is 16.7. The van der Waals surface area contributed by atoms with E-state index < -0.39 is 96.0 Å². The summed E-state index contributed by atoms with van der Waals surface area (Å²) in [5.41, 5.74) is -3.44. The van der Waals surface area contributed by atoms with Crippen LogP contribution in [0.3, 0.4) is 0 Å². The summed E-state index contributed by atoms with van der Waals surface area (Å²) >= 11 is 0. The predicted octanol–water partition coefficient (Wildman–Crippen LogP) is 0.0916. The Morgan fingerprint density at radius 3 is 2.40 bits per heavy atom. The average Bonchev–Trinajstić information content (AvgIpc) is 3.47. The van der Waals surface area contributed by atoms with E-state index >= 15 is 0 Å². The molecule has 4 aliphatic carbocycles. The lowest BCUT2D eigenvalue weighted by molar-refractivity contribution is -0.345. The molecule has 1 unspecified atom stereocenters. The highest BCUT2D eigenvalue weighted by Crippen LogP contribution is 2.71. The number of rotatable bonds is 6. The van der Waals surface area contributed by atoms with Crippen LogP contribution in [-0.4, -0.2) is 135 Å². The largest absolute Gasteiger partial charge is 0.394 e. The first-order valence-electron chi connectivity index (χ1n) is 17.3. The highest BCUT2D eigenvalue weighted by Gasteiger charge is 2.81. The zero-order valence-corrected chi connectivity index (χ0v) is 27.9. The van der Waals surface area contributed by atoms with Crippen LogP contribution in [0.25, 0.3) is 0 Å². The Morgan fingerprint density at radius 2 is 1.70 bits per heavy atom. The lowest BCUT2D eigenvalue weighted by atomic mass is 9.43. The molecular weight excluding hydrogens is 616 g/mol. The third kappa shape index (κ3) is 4.69. The van der Waals surface area contributed by atoms with Crippen LogP contribution in [0.15, 0.2) is 11.6 Å². The van der Waals surface area contributed by atoms with Gasteiger partial charge in [-0.25, -0.2) is 0 Å². The van der Waals surface area contributed by atoms with Crippen molar-refractivity contribution in [3.05, 3.63) is 11.6 Å². The second-order valence-corrected chi connectivity index (χ2v) is 15.7. The van der Waals surface area contributed by atoms with E-state index in [4.69, 9.17) is 28.4 Å². The normalized spacial score (nSPS) is 57.3. The number of ketones is 1. The molecule has 0 aromatic carbocycles. The van der Waals surface area contributed by atoms with Gasteiger partial charge >= 0.3 is 0 Å². The highest BCUT2D eigenvalue weighted by molar-refractivity contribution is 5.91. The molecule has 0 aromatic rings. The first-order chi connectivity index (χ1) is 22.1. The Balaban J connectivity index is 1.04. The van der Waals surface area contributed by atoms with Gasteiger partial charge in [0.25, 0.3) is 0 Å². The quantitative estimate of drug-likeness (QED) is 0.209. The molecule has 0 aromatic heterocycles. The van der Waals surface area contributed by atoms with Gasteiger partial charge in [0.2, 0.25) is 0 Å². The number of ether oxygens (including phenoxy) is 6. The van der Waals surface area contributed by atoms with Gasteiger partial charge < -0.3 is 59.1 Å². The van der Waals surface area contributed by atoms with E-state index in [0.717, 1.165) is 5.57 Å². The monoisotopic (exact) mass is 668 g/mol. The first-order valence-corrected chi connectivity index (χ1v) is 17.3. The Hall–Kier alpha value is -1.07. The first kappa shape index (κ1) is 34.4. The molecular formula is C34H52O13. The smallest absolute Gasteiger partial charge is 0.187 e. The number of fused-ring (bicyclic) bond motifs is 4. The maximum Gasteiger partial charge on any atom is 0.187 e. The summed E-state index contributed by atoms with van der Waals surface area (Å²) < 4.78 is 36.3. The fourth-order valence-corrected chi connectivity index (χ4v) is 10.9. The molecule has 18 atom stereocenters. The summed E-state index contributed by atoms with van der Waals surface area (Å²) in [5.74, 6) is -0.863. The van der Waals surface area contributed by atoms with Crippen LogP contribution in [0, 0.1) is 22.7 Å². The Labute approximate surface area is 275 Å². The second-order valence-electron chi connectivity index (χ2n) is 15.7. The topological polar surface area (TPSA) is 194 Å². The Morgan fingerprint density at radius 1 is 0.957 bits per heavy atom. The second kappa shape index (κ2) is 11.7. The lowest BCUT2D eigenvalue weighted by Gasteiger charge is -2.64. The third-order valence-corrected chi connectivity index (χ3v) is 13.5. The molecule has 6 fully saturated rings. The summed E-state index contributed by atoms with van der Waals surface area (Å²) in [5, 5.41) is 65.1. The molecule has 0 spiro atoms. The third-order valence-electron chi connectivity index (χ3n) is 13.5. The molecule has 3 aliphatic heterocycles. The molecule has 0 bridgehead atoms. The molecule has 13 heteroatoms. The molecule has 266 valence electrons. The van der Waals surface area contributed by atoms with Crippen LogP contribution < -0.4 is 0 Å². The minimum Gasteiger partial charge on any atom is -0.394 e.